The summed E-state index contributed by atoms with van der Waals surface area (Å²) in [6.07, 6.45) is 4.01. The maximum Gasteiger partial charge on any atom is 0.119 e. The molecule has 0 aromatic heterocycles. The highest BCUT2D eigenvalue weighted by Crippen LogP contribution is 2.18. The fourth-order valence-corrected chi connectivity index (χ4v) is 2.23. The summed E-state index contributed by atoms with van der Waals surface area (Å²) in [5.74, 6) is 0.909. The fraction of sp³-hybridized carbons (Fsp3) is 0.647. The number of hydrogen-bond acceptors (Lipinski definition) is 3. The third-order valence-electron chi connectivity index (χ3n) is 3.33. The number of hydrogen-bond donors (Lipinski definition) is 1. The lowest BCUT2D eigenvalue weighted by Gasteiger charge is -2.21. The Balaban J connectivity index is 2.44. The Kier molecular flexibility index (Phi) is 7.63. The van der Waals surface area contributed by atoms with Gasteiger partial charge in [-0.25, -0.2) is 0 Å². The van der Waals surface area contributed by atoms with Crippen LogP contribution in [0.2, 0.25) is 0 Å². The number of likely N-dealkylation sites (N-methyl/N-ethyl adjacent to an activating group) is 1. The van der Waals surface area contributed by atoms with E-state index in [9.17, 15) is 0 Å². The normalized spacial score (nSPS) is 12.9. The van der Waals surface area contributed by atoms with E-state index in [2.05, 4.69) is 31.0 Å². The zero-order chi connectivity index (χ0) is 15.0. The van der Waals surface area contributed by atoms with E-state index in [1.165, 1.54) is 24.8 Å². The molecule has 0 radical (unpaired) electrons. The lowest BCUT2D eigenvalue weighted by molar-refractivity contribution is 0.242. The van der Waals surface area contributed by atoms with Crippen LogP contribution in [-0.2, 0) is 0 Å². The molecule has 0 fully saturated rings. The second kappa shape index (κ2) is 8.98. The molecule has 114 valence electrons. The standard InChI is InChI=1S/C17H30N2O/c1-5-6-7-12-19(4)13-17(18)15-8-10-16(11-9-15)20-14(2)3/h8-11,14,17H,5-7,12-13,18H2,1-4H3. The van der Waals surface area contributed by atoms with Gasteiger partial charge in [0, 0.05) is 12.6 Å². The van der Waals surface area contributed by atoms with Gasteiger partial charge in [-0.3, -0.25) is 0 Å². The second-order valence-electron chi connectivity index (χ2n) is 5.81. The number of rotatable bonds is 9. The fourth-order valence-electron chi connectivity index (χ4n) is 2.23. The molecule has 1 unspecified atom stereocenters. The van der Waals surface area contributed by atoms with E-state index in [0.717, 1.165) is 18.8 Å². The minimum absolute atomic E-state index is 0.0646. The van der Waals surface area contributed by atoms with Crippen molar-refractivity contribution in [2.75, 3.05) is 20.1 Å². The molecule has 3 heteroatoms. The first-order chi connectivity index (χ1) is 9.52. The van der Waals surface area contributed by atoms with Crippen molar-refractivity contribution in [3.05, 3.63) is 29.8 Å². The van der Waals surface area contributed by atoms with Gasteiger partial charge in [0.05, 0.1) is 6.10 Å². The lowest BCUT2D eigenvalue weighted by Crippen LogP contribution is -2.29. The van der Waals surface area contributed by atoms with Crippen LogP contribution in [0.25, 0.3) is 0 Å². The Hall–Kier alpha value is -1.06. The van der Waals surface area contributed by atoms with Crippen LogP contribution in [-0.4, -0.2) is 31.1 Å². The molecule has 0 saturated carbocycles. The van der Waals surface area contributed by atoms with Gasteiger partial charge in [0.1, 0.15) is 5.75 Å². The van der Waals surface area contributed by atoms with Crippen LogP contribution in [0, 0.1) is 0 Å². The van der Waals surface area contributed by atoms with Gasteiger partial charge in [0.15, 0.2) is 0 Å². The predicted molar refractivity (Wildman–Crippen MR) is 86.2 cm³/mol. The topological polar surface area (TPSA) is 38.5 Å². The van der Waals surface area contributed by atoms with Crippen molar-refractivity contribution in [2.45, 2.75) is 52.2 Å². The molecule has 2 N–H and O–H groups in total. The molecule has 1 atom stereocenters. The predicted octanol–water partition coefficient (Wildman–Crippen LogP) is 3.60. The minimum Gasteiger partial charge on any atom is -0.491 e. The number of nitrogens with two attached hydrogens (primary N) is 1. The molecular weight excluding hydrogens is 248 g/mol. The zero-order valence-electron chi connectivity index (χ0n) is 13.4. The van der Waals surface area contributed by atoms with E-state index in [1.807, 2.05) is 26.0 Å². The van der Waals surface area contributed by atoms with E-state index < -0.39 is 0 Å². The highest BCUT2D eigenvalue weighted by Gasteiger charge is 2.09. The molecule has 0 spiro atoms. The first-order valence-electron chi connectivity index (χ1n) is 7.73. The molecule has 0 bridgehead atoms. The molecule has 20 heavy (non-hydrogen) atoms. The minimum atomic E-state index is 0.0646. The van der Waals surface area contributed by atoms with Crippen molar-refractivity contribution < 1.29 is 4.74 Å². The Morgan fingerprint density at radius 1 is 1.15 bits per heavy atom. The summed E-state index contributed by atoms with van der Waals surface area (Å²) in [7, 11) is 2.14. The van der Waals surface area contributed by atoms with E-state index in [4.69, 9.17) is 10.5 Å². The molecule has 1 rings (SSSR count). The maximum absolute atomic E-state index is 6.27. The first-order valence-corrected chi connectivity index (χ1v) is 7.73. The Morgan fingerprint density at radius 2 is 1.80 bits per heavy atom. The summed E-state index contributed by atoms with van der Waals surface area (Å²) in [5, 5.41) is 0. The highest BCUT2D eigenvalue weighted by atomic mass is 16.5. The van der Waals surface area contributed by atoms with Gasteiger partial charge < -0.3 is 15.4 Å². The average molecular weight is 278 g/mol. The van der Waals surface area contributed by atoms with Crippen LogP contribution in [0.3, 0.4) is 0 Å². The molecule has 0 saturated heterocycles. The average Bonchev–Trinajstić information content (AvgIpc) is 2.39. The Labute approximate surface area is 124 Å². The molecule has 0 amide bonds. The van der Waals surface area contributed by atoms with Crippen LogP contribution in [0.5, 0.6) is 5.75 Å². The number of unbranched alkanes of at least 4 members (excludes halogenated alkanes) is 2. The quantitative estimate of drug-likeness (QED) is 0.701. The summed E-state index contributed by atoms with van der Waals surface area (Å²) >= 11 is 0. The Morgan fingerprint density at radius 3 is 2.35 bits per heavy atom. The Bertz CT molecular complexity index is 362. The second-order valence-corrected chi connectivity index (χ2v) is 5.81. The molecule has 0 aliphatic carbocycles. The van der Waals surface area contributed by atoms with Crippen LogP contribution in [0.1, 0.15) is 51.6 Å². The molecule has 0 aliphatic heterocycles. The van der Waals surface area contributed by atoms with Gasteiger partial charge in [-0.15, -0.1) is 0 Å². The highest BCUT2D eigenvalue weighted by molar-refractivity contribution is 5.29. The summed E-state index contributed by atoms with van der Waals surface area (Å²) in [6, 6.07) is 8.22. The van der Waals surface area contributed by atoms with Crippen molar-refractivity contribution >= 4 is 0 Å². The maximum atomic E-state index is 6.27. The van der Waals surface area contributed by atoms with Crippen LogP contribution in [0.15, 0.2) is 24.3 Å². The number of ether oxygens (including phenoxy) is 1. The van der Waals surface area contributed by atoms with E-state index in [-0.39, 0.29) is 12.1 Å². The van der Waals surface area contributed by atoms with E-state index in [0.29, 0.717) is 0 Å². The molecule has 0 heterocycles. The van der Waals surface area contributed by atoms with Gasteiger partial charge in [0.25, 0.3) is 0 Å². The van der Waals surface area contributed by atoms with Crippen molar-refractivity contribution in [3.63, 3.8) is 0 Å². The molecule has 1 aromatic rings. The van der Waals surface area contributed by atoms with E-state index in [1.54, 1.807) is 0 Å². The van der Waals surface area contributed by atoms with Crippen molar-refractivity contribution in [2.24, 2.45) is 5.73 Å². The molecule has 1 aromatic carbocycles. The molecular formula is C17H30N2O. The van der Waals surface area contributed by atoms with Gasteiger partial charge in [-0.05, 0) is 51.6 Å². The number of nitrogens with zero attached hydrogens (tertiary/aromatic N) is 1. The van der Waals surface area contributed by atoms with Crippen LogP contribution >= 0.6 is 0 Å². The third kappa shape index (κ3) is 6.40. The van der Waals surface area contributed by atoms with Crippen LogP contribution < -0.4 is 10.5 Å². The van der Waals surface area contributed by atoms with Gasteiger partial charge >= 0.3 is 0 Å². The largest absolute Gasteiger partial charge is 0.491 e. The van der Waals surface area contributed by atoms with Crippen molar-refractivity contribution in [3.8, 4) is 5.75 Å². The molecule has 3 nitrogen and oxygen atoms in total. The molecule has 0 aliphatic rings. The lowest BCUT2D eigenvalue weighted by atomic mass is 10.1. The monoisotopic (exact) mass is 278 g/mol. The number of benzene rings is 1. The van der Waals surface area contributed by atoms with Crippen molar-refractivity contribution in [1.29, 1.82) is 0 Å². The first kappa shape index (κ1) is 17.0. The van der Waals surface area contributed by atoms with Gasteiger partial charge in [-0.1, -0.05) is 31.9 Å². The van der Waals surface area contributed by atoms with Crippen molar-refractivity contribution in [1.82, 2.24) is 4.90 Å². The summed E-state index contributed by atoms with van der Waals surface area (Å²) in [5.41, 5.74) is 7.44. The summed E-state index contributed by atoms with van der Waals surface area (Å²) in [4.78, 5) is 2.32. The summed E-state index contributed by atoms with van der Waals surface area (Å²) in [6.45, 7) is 8.31. The smallest absolute Gasteiger partial charge is 0.119 e. The SMILES string of the molecule is CCCCCN(C)CC(N)c1ccc(OC(C)C)cc1. The van der Waals surface area contributed by atoms with Gasteiger partial charge in [0.2, 0.25) is 0 Å². The summed E-state index contributed by atoms with van der Waals surface area (Å²) < 4.78 is 5.64. The zero-order valence-corrected chi connectivity index (χ0v) is 13.4. The van der Waals surface area contributed by atoms with E-state index >= 15 is 0 Å². The van der Waals surface area contributed by atoms with Gasteiger partial charge in [-0.2, -0.15) is 0 Å². The van der Waals surface area contributed by atoms with Crippen LogP contribution in [0.4, 0.5) is 0 Å². The third-order valence-corrected chi connectivity index (χ3v) is 3.33.